The zero-order valence-corrected chi connectivity index (χ0v) is 9.19. The van der Waals surface area contributed by atoms with E-state index in [9.17, 15) is 9.18 Å². The maximum absolute atomic E-state index is 12.6. The summed E-state index contributed by atoms with van der Waals surface area (Å²) in [5.41, 5.74) is 5.66. The number of halogens is 1. The summed E-state index contributed by atoms with van der Waals surface area (Å²) in [6.45, 7) is 0.409. The van der Waals surface area contributed by atoms with Crippen LogP contribution in [-0.2, 0) is 0 Å². The Hall–Kier alpha value is -2.11. The summed E-state index contributed by atoms with van der Waals surface area (Å²) in [4.78, 5) is 11.5. The molecule has 0 spiro atoms. The lowest BCUT2D eigenvalue weighted by Crippen LogP contribution is -2.25. The SMILES string of the molecule is NC(CCCNC(=O)c1ccc(F)cc1)=NO. The molecule has 0 aromatic heterocycles. The molecule has 4 N–H and O–H groups in total. The molecule has 0 aliphatic heterocycles. The van der Waals surface area contributed by atoms with Crippen molar-refractivity contribution in [2.45, 2.75) is 12.8 Å². The highest BCUT2D eigenvalue weighted by Gasteiger charge is 2.04. The topological polar surface area (TPSA) is 87.7 Å². The van der Waals surface area contributed by atoms with Crippen LogP contribution in [0, 0.1) is 5.82 Å². The number of hydrogen-bond donors (Lipinski definition) is 3. The van der Waals surface area contributed by atoms with Gasteiger partial charge < -0.3 is 16.3 Å². The van der Waals surface area contributed by atoms with Crippen LogP contribution in [0.2, 0.25) is 0 Å². The lowest BCUT2D eigenvalue weighted by molar-refractivity contribution is 0.0953. The Morgan fingerprint density at radius 2 is 2.06 bits per heavy atom. The van der Waals surface area contributed by atoms with E-state index in [0.29, 0.717) is 24.9 Å². The number of nitrogens with one attached hydrogen (secondary N) is 1. The average molecular weight is 239 g/mol. The second kappa shape index (κ2) is 6.47. The molecule has 92 valence electrons. The monoisotopic (exact) mass is 239 g/mol. The van der Waals surface area contributed by atoms with Gasteiger partial charge in [0.15, 0.2) is 0 Å². The van der Waals surface area contributed by atoms with E-state index >= 15 is 0 Å². The Morgan fingerprint density at radius 1 is 1.41 bits per heavy atom. The first-order valence-corrected chi connectivity index (χ1v) is 5.13. The number of rotatable bonds is 5. The van der Waals surface area contributed by atoms with Gasteiger partial charge in [-0.05, 0) is 30.7 Å². The van der Waals surface area contributed by atoms with Crippen LogP contribution in [-0.4, -0.2) is 23.5 Å². The number of nitrogens with zero attached hydrogens (tertiary/aromatic N) is 1. The Balaban J connectivity index is 2.33. The first-order valence-electron chi connectivity index (χ1n) is 5.13. The van der Waals surface area contributed by atoms with Crippen LogP contribution in [0.4, 0.5) is 4.39 Å². The van der Waals surface area contributed by atoms with E-state index in [1.54, 1.807) is 0 Å². The van der Waals surface area contributed by atoms with Gasteiger partial charge in [-0.2, -0.15) is 0 Å². The zero-order valence-electron chi connectivity index (χ0n) is 9.19. The van der Waals surface area contributed by atoms with Gasteiger partial charge in [-0.15, -0.1) is 0 Å². The van der Waals surface area contributed by atoms with E-state index in [-0.39, 0.29) is 17.6 Å². The van der Waals surface area contributed by atoms with Gasteiger partial charge in [0, 0.05) is 18.5 Å². The van der Waals surface area contributed by atoms with Crippen molar-refractivity contribution in [1.29, 1.82) is 0 Å². The highest BCUT2D eigenvalue weighted by atomic mass is 19.1. The lowest BCUT2D eigenvalue weighted by Gasteiger charge is -2.04. The van der Waals surface area contributed by atoms with Crippen molar-refractivity contribution in [3.8, 4) is 0 Å². The molecule has 0 fully saturated rings. The number of nitrogens with two attached hydrogens (primary N) is 1. The fourth-order valence-corrected chi connectivity index (χ4v) is 1.22. The Morgan fingerprint density at radius 3 is 2.65 bits per heavy atom. The van der Waals surface area contributed by atoms with Crippen molar-refractivity contribution >= 4 is 11.7 Å². The number of benzene rings is 1. The standard InChI is InChI=1S/C11H14FN3O2/c12-9-5-3-8(4-6-9)11(16)14-7-1-2-10(13)15-17/h3-6,17H,1-2,7H2,(H2,13,15)(H,14,16). The second-order valence-corrected chi connectivity index (χ2v) is 3.46. The van der Waals surface area contributed by atoms with Gasteiger partial charge in [0.1, 0.15) is 11.7 Å². The summed E-state index contributed by atoms with van der Waals surface area (Å²) < 4.78 is 12.6. The normalized spacial score (nSPS) is 11.2. The zero-order chi connectivity index (χ0) is 12.7. The maximum Gasteiger partial charge on any atom is 0.251 e. The van der Waals surface area contributed by atoms with Crippen LogP contribution in [0.15, 0.2) is 29.4 Å². The van der Waals surface area contributed by atoms with Crippen LogP contribution in [0.1, 0.15) is 23.2 Å². The Labute approximate surface area is 98.1 Å². The van der Waals surface area contributed by atoms with Gasteiger partial charge in [-0.3, -0.25) is 4.79 Å². The molecule has 0 bridgehead atoms. The molecule has 0 aliphatic rings. The van der Waals surface area contributed by atoms with Gasteiger partial charge in [0.25, 0.3) is 5.91 Å². The molecule has 0 saturated carbocycles. The van der Waals surface area contributed by atoms with Crippen LogP contribution >= 0.6 is 0 Å². The summed E-state index contributed by atoms with van der Waals surface area (Å²) in [5, 5.41) is 13.7. The third-order valence-electron chi connectivity index (χ3n) is 2.13. The number of oxime groups is 1. The van der Waals surface area contributed by atoms with Crippen molar-refractivity contribution < 1.29 is 14.4 Å². The molecule has 1 amide bonds. The third-order valence-corrected chi connectivity index (χ3v) is 2.13. The van der Waals surface area contributed by atoms with Gasteiger partial charge >= 0.3 is 0 Å². The lowest BCUT2D eigenvalue weighted by atomic mass is 10.2. The molecular weight excluding hydrogens is 225 g/mol. The summed E-state index contributed by atoms with van der Waals surface area (Å²) in [6, 6.07) is 5.28. The molecule has 0 radical (unpaired) electrons. The summed E-state index contributed by atoms with van der Waals surface area (Å²) in [5.74, 6) is -0.529. The predicted molar refractivity (Wildman–Crippen MR) is 61.4 cm³/mol. The molecule has 1 rings (SSSR count). The highest BCUT2D eigenvalue weighted by Crippen LogP contribution is 2.02. The number of hydrogen-bond acceptors (Lipinski definition) is 3. The molecule has 1 aromatic carbocycles. The molecule has 0 aliphatic carbocycles. The smallest absolute Gasteiger partial charge is 0.251 e. The molecule has 0 heterocycles. The van der Waals surface area contributed by atoms with Gasteiger partial charge in [0.05, 0.1) is 0 Å². The summed E-state index contributed by atoms with van der Waals surface area (Å²) >= 11 is 0. The van der Waals surface area contributed by atoms with Crippen LogP contribution < -0.4 is 11.1 Å². The van der Waals surface area contributed by atoms with Crippen molar-refractivity contribution in [2.24, 2.45) is 10.9 Å². The number of carbonyl (C=O) groups is 1. The van der Waals surface area contributed by atoms with Gasteiger partial charge in [0.2, 0.25) is 0 Å². The predicted octanol–water partition coefficient (Wildman–Crippen LogP) is 1.08. The molecule has 5 nitrogen and oxygen atoms in total. The highest BCUT2D eigenvalue weighted by molar-refractivity contribution is 5.94. The van der Waals surface area contributed by atoms with E-state index in [0.717, 1.165) is 0 Å². The number of carbonyl (C=O) groups excluding carboxylic acids is 1. The average Bonchev–Trinajstić information content (AvgIpc) is 2.34. The summed E-state index contributed by atoms with van der Waals surface area (Å²) in [6.07, 6.45) is 0.975. The molecule has 6 heteroatoms. The first-order chi connectivity index (χ1) is 8.13. The quantitative estimate of drug-likeness (QED) is 0.236. The fraction of sp³-hybridized carbons (Fsp3) is 0.273. The molecule has 0 atom stereocenters. The maximum atomic E-state index is 12.6. The van der Waals surface area contributed by atoms with E-state index in [2.05, 4.69) is 10.5 Å². The van der Waals surface area contributed by atoms with Crippen LogP contribution in [0.25, 0.3) is 0 Å². The van der Waals surface area contributed by atoms with E-state index in [4.69, 9.17) is 10.9 Å². The number of amidine groups is 1. The largest absolute Gasteiger partial charge is 0.409 e. The van der Waals surface area contributed by atoms with Crippen molar-refractivity contribution in [1.82, 2.24) is 5.32 Å². The van der Waals surface area contributed by atoms with E-state index < -0.39 is 0 Å². The van der Waals surface area contributed by atoms with Crippen molar-refractivity contribution in [3.05, 3.63) is 35.6 Å². The van der Waals surface area contributed by atoms with Gasteiger partial charge in [-0.1, -0.05) is 5.16 Å². The van der Waals surface area contributed by atoms with Crippen molar-refractivity contribution in [2.75, 3.05) is 6.54 Å². The molecule has 1 aromatic rings. The Bertz CT molecular complexity index is 404. The first kappa shape index (κ1) is 13.0. The van der Waals surface area contributed by atoms with E-state index in [1.165, 1.54) is 24.3 Å². The minimum atomic E-state index is -0.381. The molecule has 0 unspecified atom stereocenters. The molecular formula is C11H14FN3O2. The second-order valence-electron chi connectivity index (χ2n) is 3.46. The third kappa shape index (κ3) is 4.50. The van der Waals surface area contributed by atoms with Crippen LogP contribution in [0.5, 0.6) is 0 Å². The van der Waals surface area contributed by atoms with E-state index in [1.807, 2.05) is 0 Å². The minimum absolute atomic E-state index is 0.126. The number of amides is 1. The molecule has 17 heavy (non-hydrogen) atoms. The van der Waals surface area contributed by atoms with Crippen LogP contribution in [0.3, 0.4) is 0 Å². The van der Waals surface area contributed by atoms with Gasteiger partial charge in [-0.25, -0.2) is 4.39 Å². The Kier molecular flexibility index (Phi) is 4.93. The summed E-state index contributed by atoms with van der Waals surface area (Å²) in [7, 11) is 0. The van der Waals surface area contributed by atoms with Crippen molar-refractivity contribution in [3.63, 3.8) is 0 Å². The molecule has 0 saturated heterocycles. The minimum Gasteiger partial charge on any atom is -0.409 e. The fourth-order valence-electron chi connectivity index (χ4n) is 1.22.